The first-order valence-corrected chi connectivity index (χ1v) is 17.1. The fourth-order valence-corrected chi connectivity index (χ4v) is 6.70. The van der Waals surface area contributed by atoms with Gasteiger partial charge in [0.05, 0.1) is 29.9 Å². The second kappa shape index (κ2) is 17.7. The van der Waals surface area contributed by atoms with Gasteiger partial charge < -0.3 is 40.0 Å². The van der Waals surface area contributed by atoms with Crippen LogP contribution >= 0.6 is 22.6 Å². The molecule has 3 atom stereocenters. The molecule has 0 radical (unpaired) electrons. The number of fused-ring (bicyclic) bond motifs is 1. The summed E-state index contributed by atoms with van der Waals surface area (Å²) in [4.78, 5) is 32.3. The van der Waals surface area contributed by atoms with Crippen LogP contribution in [-0.2, 0) is 22.6 Å². The third kappa shape index (κ3) is 9.24. The van der Waals surface area contributed by atoms with Gasteiger partial charge in [0.1, 0.15) is 12.2 Å². The first kappa shape index (κ1) is 35.7. The molecule has 0 bridgehead atoms. The highest BCUT2D eigenvalue weighted by Gasteiger charge is 2.40. The minimum atomic E-state index is -1.15. The average molecular weight is 748 g/mol. The maximum absolute atomic E-state index is 13.9. The summed E-state index contributed by atoms with van der Waals surface area (Å²) in [5.74, 6) is 0.276. The molecular formula is C35H46IN3O7. The van der Waals surface area contributed by atoms with E-state index in [4.69, 9.17) is 9.47 Å². The number of amides is 2. The molecule has 0 saturated heterocycles. The number of aliphatic hydroxyl groups is 3. The summed E-state index contributed by atoms with van der Waals surface area (Å²) < 4.78 is 12.6. The number of hydrogen-bond acceptors (Lipinski definition) is 7. The van der Waals surface area contributed by atoms with Gasteiger partial charge >= 0.3 is 0 Å². The summed E-state index contributed by atoms with van der Waals surface area (Å²) in [6.45, 7) is 2.17. The second-order valence-electron chi connectivity index (χ2n) is 11.7. The lowest BCUT2D eigenvalue weighted by Gasteiger charge is -2.40. The van der Waals surface area contributed by atoms with Crippen molar-refractivity contribution in [1.82, 2.24) is 15.2 Å². The van der Waals surface area contributed by atoms with Crippen LogP contribution in [-0.4, -0.2) is 82.1 Å². The summed E-state index contributed by atoms with van der Waals surface area (Å²) in [6, 6.07) is 12.8. The zero-order chi connectivity index (χ0) is 33.1. The van der Waals surface area contributed by atoms with E-state index >= 15 is 0 Å². The van der Waals surface area contributed by atoms with Gasteiger partial charge in [-0.2, -0.15) is 0 Å². The number of nitrogens with zero attached hydrogens (tertiary/aromatic N) is 1. The van der Waals surface area contributed by atoms with Gasteiger partial charge in [-0.15, -0.1) is 0 Å². The minimum Gasteiger partial charge on any atom is -0.493 e. The van der Waals surface area contributed by atoms with Crippen LogP contribution in [0.15, 0.2) is 54.1 Å². The van der Waals surface area contributed by atoms with Crippen molar-refractivity contribution in [2.45, 2.75) is 83.1 Å². The number of carbonyl (C=O) groups excluding carboxylic acids is 2. The Labute approximate surface area is 284 Å². The number of ether oxygens (including phenoxy) is 2. The van der Waals surface area contributed by atoms with E-state index in [1.807, 2.05) is 24.3 Å². The number of aliphatic hydroxyl groups excluding tert-OH is 3. The predicted molar refractivity (Wildman–Crippen MR) is 186 cm³/mol. The first-order valence-electron chi connectivity index (χ1n) is 16.1. The molecule has 250 valence electrons. The van der Waals surface area contributed by atoms with Crippen molar-refractivity contribution in [1.29, 1.82) is 0 Å². The number of methoxy groups -OCH3 is 1. The van der Waals surface area contributed by atoms with E-state index in [1.54, 1.807) is 23.1 Å². The molecule has 2 aromatic carbocycles. The number of nitrogens with one attached hydrogen (secondary N) is 2. The van der Waals surface area contributed by atoms with Crippen LogP contribution in [0.3, 0.4) is 0 Å². The molecule has 1 heterocycles. The van der Waals surface area contributed by atoms with Crippen LogP contribution in [0.5, 0.6) is 11.5 Å². The number of rotatable bonds is 17. The number of benzene rings is 2. The summed E-state index contributed by atoms with van der Waals surface area (Å²) in [7, 11) is 1.49. The van der Waals surface area contributed by atoms with Gasteiger partial charge in [0, 0.05) is 49.1 Å². The van der Waals surface area contributed by atoms with Crippen LogP contribution in [0.2, 0.25) is 0 Å². The molecule has 2 amide bonds. The van der Waals surface area contributed by atoms with Crippen LogP contribution in [0.1, 0.15) is 63.1 Å². The largest absolute Gasteiger partial charge is 0.493 e. The van der Waals surface area contributed by atoms with E-state index in [1.165, 1.54) is 7.11 Å². The Hall–Kier alpha value is -3.13. The number of aromatic amines is 1. The SMILES string of the molecule is CCCCCCCC(=O)N(CCc1cc2ccccc2[nH]1)C1CC(C(=O)NCCO)=CC(Oc2c(I)cc(CO)cc2OC)C1O. The number of H-pyrrole nitrogens is 1. The maximum Gasteiger partial charge on any atom is 0.247 e. The van der Waals surface area contributed by atoms with E-state index in [-0.39, 0.29) is 38.0 Å². The topological polar surface area (TPSA) is 144 Å². The molecule has 0 saturated carbocycles. The van der Waals surface area contributed by atoms with Gasteiger partial charge in [-0.1, -0.05) is 50.8 Å². The summed E-state index contributed by atoms with van der Waals surface area (Å²) >= 11 is 2.08. The molecule has 0 spiro atoms. The van der Waals surface area contributed by atoms with E-state index in [0.717, 1.165) is 48.7 Å². The molecule has 4 rings (SSSR count). The highest BCUT2D eigenvalue weighted by atomic mass is 127. The molecule has 46 heavy (non-hydrogen) atoms. The second-order valence-corrected chi connectivity index (χ2v) is 12.8. The number of para-hydroxylation sites is 1. The highest BCUT2D eigenvalue weighted by Crippen LogP contribution is 2.37. The van der Waals surface area contributed by atoms with E-state index in [0.29, 0.717) is 45.6 Å². The van der Waals surface area contributed by atoms with Crippen molar-refractivity contribution in [2.75, 3.05) is 26.8 Å². The average Bonchev–Trinajstić information content (AvgIpc) is 3.48. The zero-order valence-corrected chi connectivity index (χ0v) is 28.8. The van der Waals surface area contributed by atoms with Crippen molar-refractivity contribution in [3.63, 3.8) is 0 Å². The Bertz CT molecular complexity index is 1460. The number of carbonyl (C=O) groups is 2. The van der Waals surface area contributed by atoms with Crippen LogP contribution in [0.4, 0.5) is 0 Å². The Morgan fingerprint density at radius 1 is 1.11 bits per heavy atom. The van der Waals surface area contributed by atoms with Crippen LogP contribution in [0, 0.1) is 3.57 Å². The summed E-state index contributed by atoms with van der Waals surface area (Å²) in [6.07, 6.45) is 5.46. The van der Waals surface area contributed by atoms with Crippen molar-refractivity contribution < 1.29 is 34.4 Å². The quantitative estimate of drug-likeness (QED) is 0.100. The molecule has 3 aromatic rings. The molecule has 1 aliphatic rings. The molecule has 0 fully saturated rings. The molecule has 5 N–H and O–H groups in total. The minimum absolute atomic E-state index is 0.0735. The number of hydrogen-bond donors (Lipinski definition) is 5. The fraction of sp³-hybridized carbons (Fsp3) is 0.486. The standard InChI is InChI=1S/C35H46IN3O7/c1-3-4-5-6-7-12-32(42)39(15-13-26-19-24-10-8-9-11-28(24)38-26)29-20-25(35(44)37-14-16-40)21-30(33(29)43)46-34-27(36)17-23(22-41)18-31(34)45-2/h8-11,17-19,21,29-30,33,38,40-41,43H,3-7,12-16,20,22H2,1-2H3,(H,37,44). The summed E-state index contributed by atoms with van der Waals surface area (Å²) in [5.41, 5.74) is 2.99. The van der Waals surface area contributed by atoms with Crippen LogP contribution < -0.4 is 14.8 Å². The Morgan fingerprint density at radius 2 is 1.89 bits per heavy atom. The number of aromatic nitrogens is 1. The van der Waals surface area contributed by atoms with Crippen molar-refractivity contribution in [2.24, 2.45) is 0 Å². The van der Waals surface area contributed by atoms with Crippen molar-refractivity contribution >= 4 is 45.3 Å². The Morgan fingerprint density at radius 3 is 2.61 bits per heavy atom. The third-order valence-electron chi connectivity index (χ3n) is 8.36. The maximum atomic E-state index is 13.9. The first-order chi connectivity index (χ1) is 22.3. The van der Waals surface area contributed by atoms with Gasteiger partial charge in [-0.25, -0.2) is 0 Å². The molecule has 0 aliphatic heterocycles. The number of halogens is 1. The third-order valence-corrected chi connectivity index (χ3v) is 9.16. The smallest absolute Gasteiger partial charge is 0.247 e. The van der Waals surface area contributed by atoms with Crippen molar-refractivity contribution in [3.8, 4) is 11.5 Å². The Kier molecular flexibility index (Phi) is 13.7. The lowest BCUT2D eigenvalue weighted by atomic mass is 9.87. The van der Waals surface area contributed by atoms with Gasteiger partial charge in [0.2, 0.25) is 11.8 Å². The monoisotopic (exact) mass is 747 g/mol. The van der Waals surface area contributed by atoms with Crippen LogP contribution in [0.25, 0.3) is 10.9 Å². The predicted octanol–water partition coefficient (Wildman–Crippen LogP) is 4.62. The van der Waals surface area contributed by atoms with Gasteiger partial charge in [-0.3, -0.25) is 9.59 Å². The van der Waals surface area contributed by atoms with Gasteiger partial charge in [0.25, 0.3) is 0 Å². The molecule has 1 aliphatic carbocycles. The zero-order valence-electron chi connectivity index (χ0n) is 26.6. The molecule has 11 heteroatoms. The molecule has 1 aromatic heterocycles. The Balaban J connectivity index is 1.65. The highest BCUT2D eigenvalue weighted by molar-refractivity contribution is 14.1. The van der Waals surface area contributed by atoms with E-state index in [9.17, 15) is 24.9 Å². The lowest BCUT2D eigenvalue weighted by molar-refractivity contribution is -0.138. The molecule has 10 nitrogen and oxygen atoms in total. The van der Waals surface area contributed by atoms with E-state index < -0.39 is 18.2 Å². The normalized spacial score (nSPS) is 17.9. The van der Waals surface area contributed by atoms with Gasteiger partial charge in [0.15, 0.2) is 11.5 Å². The number of unbranched alkanes of at least 4 members (excludes halogenated alkanes) is 4. The van der Waals surface area contributed by atoms with Gasteiger partial charge in [-0.05, 0) is 70.3 Å². The molecule has 3 unspecified atom stereocenters. The molecular weight excluding hydrogens is 701 g/mol. The summed E-state index contributed by atoms with van der Waals surface area (Å²) in [5, 5.41) is 34.7. The fourth-order valence-electron chi connectivity index (χ4n) is 5.90. The lowest BCUT2D eigenvalue weighted by Crippen LogP contribution is -2.55. The van der Waals surface area contributed by atoms with Crippen molar-refractivity contribution in [3.05, 3.63) is 68.9 Å². The van der Waals surface area contributed by atoms with E-state index in [2.05, 4.69) is 45.9 Å².